The van der Waals surface area contributed by atoms with E-state index in [4.69, 9.17) is 0 Å². The zero-order valence-electron chi connectivity index (χ0n) is 18.4. The van der Waals surface area contributed by atoms with Crippen LogP contribution >= 0.6 is 0 Å². The van der Waals surface area contributed by atoms with Gasteiger partial charge in [-0.25, -0.2) is 19.7 Å². The summed E-state index contributed by atoms with van der Waals surface area (Å²) in [6, 6.07) is 21.9. The Kier molecular flexibility index (Phi) is 6.70. The quantitative estimate of drug-likeness (QED) is 0.408. The summed E-state index contributed by atoms with van der Waals surface area (Å²) in [6.07, 6.45) is 4.63. The lowest BCUT2D eigenvalue weighted by Crippen LogP contribution is -2.36. The van der Waals surface area contributed by atoms with Crippen molar-refractivity contribution < 1.29 is 4.79 Å². The van der Waals surface area contributed by atoms with E-state index in [1.54, 1.807) is 12.3 Å². The molecule has 0 aliphatic rings. The molecule has 0 fully saturated rings. The molecule has 0 unspecified atom stereocenters. The first-order valence-corrected chi connectivity index (χ1v) is 10.9. The zero-order valence-corrected chi connectivity index (χ0v) is 18.4. The predicted molar refractivity (Wildman–Crippen MR) is 129 cm³/mol. The topological polar surface area (TPSA) is 79.8 Å². The van der Waals surface area contributed by atoms with Crippen LogP contribution in [0.25, 0.3) is 22.4 Å². The van der Waals surface area contributed by atoms with Crippen LogP contribution in [0.1, 0.15) is 30.9 Å². The van der Waals surface area contributed by atoms with Gasteiger partial charge in [0.1, 0.15) is 11.3 Å². The van der Waals surface area contributed by atoms with E-state index in [0.717, 1.165) is 30.5 Å². The number of nitrogens with zero attached hydrogens (tertiary/aromatic N) is 3. The van der Waals surface area contributed by atoms with Crippen molar-refractivity contribution in [1.29, 1.82) is 0 Å². The third-order valence-electron chi connectivity index (χ3n) is 5.28. The number of pyridine rings is 1. The molecule has 0 aliphatic carbocycles. The van der Waals surface area contributed by atoms with Gasteiger partial charge in [-0.15, -0.1) is 0 Å². The molecule has 0 bridgehead atoms. The highest BCUT2D eigenvalue weighted by molar-refractivity contribution is 5.89. The van der Waals surface area contributed by atoms with Gasteiger partial charge in [0.15, 0.2) is 5.65 Å². The van der Waals surface area contributed by atoms with Crippen LogP contribution in [0.3, 0.4) is 0 Å². The predicted octanol–water partition coefficient (Wildman–Crippen LogP) is 5.53. The Morgan fingerprint density at radius 1 is 1.00 bits per heavy atom. The maximum Gasteiger partial charge on any atom is 0.320 e. The molecule has 0 aliphatic heterocycles. The molecule has 32 heavy (non-hydrogen) atoms. The van der Waals surface area contributed by atoms with Crippen molar-refractivity contribution in [3.63, 3.8) is 0 Å². The van der Waals surface area contributed by atoms with E-state index in [0.29, 0.717) is 17.0 Å². The van der Waals surface area contributed by atoms with Crippen LogP contribution in [-0.4, -0.2) is 27.0 Å². The Hall–Kier alpha value is -3.80. The minimum absolute atomic E-state index is 0.0656. The first kappa shape index (κ1) is 21.4. The van der Waals surface area contributed by atoms with Crippen molar-refractivity contribution in [2.75, 3.05) is 5.32 Å². The lowest BCUT2D eigenvalue weighted by atomic mass is 10.1. The molecule has 4 aromatic rings. The van der Waals surface area contributed by atoms with Crippen molar-refractivity contribution in [2.24, 2.45) is 0 Å². The molecule has 0 saturated carbocycles. The number of rotatable bonds is 7. The second kappa shape index (κ2) is 10.0. The summed E-state index contributed by atoms with van der Waals surface area (Å²) in [5, 5.41) is 5.77. The normalized spacial score (nSPS) is 11.8. The number of benzene rings is 2. The summed E-state index contributed by atoms with van der Waals surface area (Å²) >= 11 is 0. The van der Waals surface area contributed by atoms with Crippen molar-refractivity contribution >= 4 is 23.0 Å². The van der Waals surface area contributed by atoms with E-state index in [2.05, 4.69) is 55.9 Å². The van der Waals surface area contributed by atoms with Gasteiger partial charge >= 0.3 is 6.03 Å². The number of hydrogen-bond donors (Lipinski definition) is 2. The highest BCUT2D eigenvalue weighted by Crippen LogP contribution is 2.20. The van der Waals surface area contributed by atoms with E-state index < -0.39 is 0 Å². The molecule has 0 spiro atoms. The standard InChI is InChI=1S/C26H27N5O/c1-18-8-6-13-21(16-18)23-17-27-25-22(29-23)14-15-24(30-25)31-26(32)28-19(2)9-7-12-20-10-4-3-5-11-20/h3-6,8,10-11,13-17,19H,7,9,12H2,1-2H3,(H2,27,28,30,31,32)/t19-/m1/s1. The molecule has 6 nitrogen and oxygen atoms in total. The number of amides is 2. The molecule has 2 amide bonds. The number of carbonyl (C=O) groups excluding carboxylic acids is 1. The van der Waals surface area contributed by atoms with Gasteiger partial charge in [0, 0.05) is 11.6 Å². The Morgan fingerprint density at radius 3 is 2.66 bits per heavy atom. The number of anilines is 1. The molecule has 2 aromatic carbocycles. The first-order chi connectivity index (χ1) is 15.6. The fourth-order valence-corrected chi connectivity index (χ4v) is 3.62. The first-order valence-electron chi connectivity index (χ1n) is 10.9. The molecular formula is C26H27N5O. The molecule has 2 N–H and O–H groups in total. The Balaban J connectivity index is 1.33. The van der Waals surface area contributed by atoms with Crippen molar-refractivity contribution in [3.8, 4) is 11.3 Å². The average Bonchev–Trinajstić information content (AvgIpc) is 2.79. The van der Waals surface area contributed by atoms with E-state index in [1.165, 1.54) is 11.1 Å². The van der Waals surface area contributed by atoms with E-state index in [9.17, 15) is 4.79 Å². The van der Waals surface area contributed by atoms with E-state index in [1.807, 2.05) is 44.2 Å². The minimum atomic E-state index is -0.270. The van der Waals surface area contributed by atoms with E-state index in [-0.39, 0.29) is 12.1 Å². The van der Waals surface area contributed by atoms with Crippen molar-refractivity contribution in [3.05, 3.63) is 84.1 Å². The van der Waals surface area contributed by atoms with Crippen LogP contribution < -0.4 is 10.6 Å². The van der Waals surface area contributed by atoms with Gasteiger partial charge in [0.2, 0.25) is 0 Å². The van der Waals surface area contributed by atoms with Gasteiger partial charge in [-0.1, -0.05) is 54.1 Å². The fraction of sp³-hybridized carbons (Fsp3) is 0.231. The molecule has 162 valence electrons. The molecule has 2 heterocycles. The van der Waals surface area contributed by atoms with Crippen LogP contribution in [0.2, 0.25) is 0 Å². The molecule has 0 radical (unpaired) electrons. The number of aryl methyl sites for hydroxylation is 2. The second-order valence-electron chi connectivity index (χ2n) is 8.04. The fourth-order valence-electron chi connectivity index (χ4n) is 3.62. The summed E-state index contributed by atoms with van der Waals surface area (Å²) < 4.78 is 0. The lowest BCUT2D eigenvalue weighted by Gasteiger charge is -2.14. The van der Waals surface area contributed by atoms with Gasteiger partial charge in [0.05, 0.1) is 11.9 Å². The van der Waals surface area contributed by atoms with Gasteiger partial charge in [-0.2, -0.15) is 0 Å². The molecule has 0 saturated heterocycles. The lowest BCUT2D eigenvalue weighted by molar-refractivity contribution is 0.248. The molecule has 2 aromatic heterocycles. The number of hydrogen-bond acceptors (Lipinski definition) is 4. The highest BCUT2D eigenvalue weighted by atomic mass is 16.2. The third kappa shape index (κ3) is 5.66. The highest BCUT2D eigenvalue weighted by Gasteiger charge is 2.10. The smallest absolute Gasteiger partial charge is 0.320 e. The summed E-state index contributed by atoms with van der Waals surface area (Å²) in [4.78, 5) is 25.9. The third-order valence-corrected chi connectivity index (χ3v) is 5.28. The maximum atomic E-state index is 12.4. The number of carbonyl (C=O) groups is 1. The second-order valence-corrected chi connectivity index (χ2v) is 8.04. The Morgan fingerprint density at radius 2 is 1.84 bits per heavy atom. The van der Waals surface area contributed by atoms with Gasteiger partial charge in [-0.3, -0.25) is 5.32 Å². The summed E-state index contributed by atoms with van der Waals surface area (Å²) in [5.74, 6) is 0.448. The molecule has 1 atom stereocenters. The van der Waals surface area contributed by atoms with Crippen molar-refractivity contribution in [2.45, 2.75) is 39.2 Å². The van der Waals surface area contributed by atoms with E-state index >= 15 is 0 Å². The Labute approximate surface area is 188 Å². The summed E-state index contributed by atoms with van der Waals surface area (Å²) in [7, 11) is 0. The Bertz CT molecular complexity index is 1210. The van der Waals surface area contributed by atoms with Crippen LogP contribution in [0.15, 0.2) is 72.9 Å². The van der Waals surface area contributed by atoms with Gasteiger partial charge < -0.3 is 5.32 Å². The van der Waals surface area contributed by atoms with Gasteiger partial charge in [-0.05, 0) is 56.9 Å². The van der Waals surface area contributed by atoms with Crippen LogP contribution in [0.4, 0.5) is 10.6 Å². The molecule has 6 heteroatoms. The summed E-state index contributed by atoms with van der Waals surface area (Å²) in [6.45, 7) is 4.06. The number of fused-ring (bicyclic) bond motifs is 1. The summed E-state index contributed by atoms with van der Waals surface area (Å²) in [5.41, 5.74) is 5.48. The van der Waals surface area contributed by atoms with Gasteiger partial charge in [0.25, 0.3) is 0 Å². The van der Waals surface area contributed by atoms with Crippen LogP contribution in [0.5, 0.6) is 0 Å². The zero-order chi connectivity index (χ0) is 22.3. The molecular weight excluding hydrogens is 398 g/mol. The largest absolute Gasteiger partial charge is 0.335 e. The SMILES string of the molecule is Cc1cccc(-c2cnc3nc(NC(=O)N[C@H](C)CCCc4ccccc4)ccc3n2)c1. The van der Waals surface area contributed by atoms with Crippen LogP contribution in [0, 0.1) is 6.92 Å². The maximum absolute atomic E-state index is 12.4. The van der Waals surface area contributed by atoms with Crippen molar-refractivity contribution in [1.82, 2.24) is 20.3 Å². The number of nitrogens with one attached hydrogen (secondary N) is 2. The molecule has 4 rings (SSSR count). The number of urea groups is 1. The number of aromatic nitrogens is 3. The minimum Gasteiger partial charge on any atom is -0.335 e. The van der Waals surface area contributed by atoms with Crippen LogP contribution in [-0.2, 0) is 6.42 Å². The monoisotopic (exact) mass is 425 g/mol. The average molecular weight is 426 g/mol.